The number of terminal acetylenes is 2. The fourth-order valence-electron chi connectivity index (χ4n) is 0.397. The lowest BCUT2D eigenvalue weighted by Crippen LogP contribution is -2.24. The predicted octanol–water partition coefficient (Wildman–Crippen LogP) is 1.01. The molecule has 0 heterocycles. The molecule has 0 saturated carbocycles. The molecule has 0 N–H and O–H groups in total. The highest BCUT2D eigenvalue weighted by molar-refractivity contribution is 5.72. The summed E-state index contributed by atoms with van der Waals surface area (Å²) in [6.45, 7) is 3.42. The van der Waals surface area contributed by atoms with E-state index in [-0.39, 0.29) is 6.10 Å². The van der Waals surface area contributed by atoms with E-state index in [0.717, 1.165) is 0 Å². The topological polar surface area (TPSA) is 29.5 Å². The molecule has 3 heteroatoms. The van der Waals surface area contributed by atoms with Crippen molar-refractivity contribution in [1.82, 2.24) is 4.90 Å². The molecule has 0 saturated heterocycles. The Balaban J connectivity index is 4.06. The van der Waals surface area contributed by atoms with Crippen LogP contribution in [0.15, 0.2) is 0 Å². The Bertz CT molecular complexity index is 205. The Morgan fingerprint density at radius 3 is 2.18 bits per heavy atom. The Kier molecular flexibility index (Phi) is 3.62. The van der Waals surface area contributed by atoms with Crippen molar-refractivity contribution >= 4 is 6.09 Å². The smallest absolute Gasteiger partial charge is 0.434 e. The third-order valence-electron chi connectivity index (χ3n) is 0.777. The number of carbonyl (C=O) groups excluding carboxylic acids is 1. The summed E-state index contributed by atoms with van der Waals surface area (Å²) in [5.74, 6) is 0. The van der Waals surface area contributed by atoms with Crippen LogP contribution in [0, 0.1) is 24.9 Å². The highest BCUT2D eigenvalue weighted by Crippen LogP contribution is 1.94. The molecular formula is C8H9NO2. The summed E-state index contributed by atoms with van der Waals surface area (Å²) >= 11 is 0. The third kappa shape index (κ3) is 3.17. The van der Waals surface area contributed by atoms with Crippen LogP contribution in [-0.4, -0.2) is 17.1 Å². The molecule has 0 atom stereocenters. The molecule has 0 aliphatic rings. The van der Waals surface area contributed by atoms with Gasteiger partial charge >= 0.3 is 6.09 Å². The van der Waals surface area contributed by atoms with Crippen molar-refractivity contribution in [2.24, 2.45) is 0 Å². The molecule has 0 bridgehead atoms. The molecule has 58 valence electrons. The number of ether oxygens (including phenoxy) is 1. The van der Waals surface area contributed by atoms with Gasteiger partial charge in [0.05, 0.1) is 6.10 Å². The van der Waals surface area contributed by atoms with Gasteiger partial charge in [-0.25, -0.2) is 4.79 Å². The van der Waals surface area contributed by atoms with Crippen molar-refractivity contribution in [3.05, 3.63) is 0 Å². The monoisotopic (exact) mass is 151 g/mol. The lowest BCUT2D eigenvalue weighted by Gasteiger charge is -2.10. The van der Waals surface area contributed by atoms with Gasteiger partial charge < -0.3 is 4.74 Å². The number of rotatable bonds is 1. The zero-order valence-electron chi connectivity index (χ0n) is 6.50. The molecule has 0 aliphatic heterocycles. The first-order chi connectivity index (χ1) is 5.11. The van der Waals surface area contributed by atoms with E-state index in [1.165, 1.54) is 0 Å². The van der Waals surface area contributed by atoms with Crippen LogP contribution in [0.4, 0.5) is 4.79 Å². The van der Waals surface area contributed by atoms with Gasteiger partial charge in [-0.15, -0.1) is 0 Å². The lowest BCUT2D eigenvalue weighted by molar-refractivity contribution is 0.102. The van der Waals surface area contributed by atoms with Crippen molar-refractivity contribution in [2.45, 2.75) is 20.0 Å². The van der Waals surface area contributed by atoms with Gasteiger partial charge in [-0.05, 0) is 13.8 Å². The largest absolute Gasteiger partial charge is 0.445 e. The summed E-state index contributed by atoms with van der Waals surface area (Å²) in [5.41, 5.74) is 0. The predicted molar refractivity (Wildman–Crippen MR) is 41.1 cm³/mol. The summed E-state index contributed by atoms with van der Waals surface area (Å²) in [5, 5.41) is 0. The summed E-state index contributed by atoms with van der Waals surface area (Å²) in [6.07, 6.45) is 8.88. The van der Waals surface area contributed by atoms with Crippen molar-refractivity contribution < 1.29 is 9.53 Å². The molecule has 0 spiro atoms. The van der Waals surface area contributed by atoms with Gasteiger partial charge in [0.15, 0.2) is 0 Å². The van der Waals surface area contributed by atoms with Crippen LogP contribution in [0.5, 0.6) is 0 Å². The summed E-state index contributed by atoms with van der Waals surface area (Å²) in [6, 6.07) is 3.96. The minimum Gasteiger partial charge on any atom is -0.445 e. The summed E-state index contributed by atoms with van der Waals surface area (Å²) in [4.78, 5) is 11.5. The van der Waals surface area contributed by atoms with Gasteiger partial charge in [0.2, 0.25) is 0 Å². The summed E-state index contributed by atoms with van der Waals surface area (Å²) < 4.78 is 4.70. The Morgan fingerprint density at radius 2 is 1.91 bits per heavy atom. The quantitative estimate of drug-likeness (QED) is 0.413. The zero-order valence-corrected chi connectivity index (χ0v) is 6.50. The fourth-order valence-corrected chi connectivity index (χ4v) is 0.397. The van der Waals surface area contributed by atoms with Crippen LogP contribution in [0.1, 0.15) is 13.8 Å². The fraction of sp³-hybridized carbons (Fsp3) is 0.375. The van der Waals surface area contributed by atoms with E-state index < -0.39 is 6.09 Å². The van der Waals surface area contributed by atoms with E-state index in [9.17, 15) is 4.79 Å². The normalized spacial score (nSPS) is 8.09. The number of nitrogens with zero attached hydrogens (tertiary/aromatic N) is 1. The molecule has 0 fully saturated rings. The first kappa shape index (κ1) is 9.39. The summed E-state index contributed by atoms with van der Waals surface area (Å²) in [7, 11) is 0. The minimum absolute atomic E-state index is 0.216. The molecule has 1 amide bonds. The van der Waals surface area contributed by atoms with Gasteiger partial charge in [0.25, 0.3) is 0 Å². The van der Waals surface area contributed by atoms with Crippen molar-refractivity contribution in [3.8, 4) is 24.9 Å². The molecule has 0 aromatic rings. The van der Waals surface area contributed by atoms with Gasteiger partial charge in [-0.3, -0.25) is 0 Å². The van der Waals surface area contributed by atoms with Crippen LogP contribution in [-0.2, 0) is 4.74 Å². The van der Waals surface area contributed by atoms with E-state index in [1.807, 2.05) is 12.1 Å². The lowest BCUT2D eigenvalue weighted by atomic mass is 10.5. The standard InChI is InChI=1S/C8H9NO2/c1-5-9(6-2)8(10)11-7(3)4/h1-2,7H,3-4H3. The van der Waals surface area contributed by atoms with Crippen LogP contribution in [0.3, 0.4) is 0 Å². The maximum Gasteiger partial charge on any atom is 0.434 e. The molecule has 11 heavy (non-hydrogen) atoms. The molecule has 0 radical (unpaired) electrons. The van der Waals surface area contributed by atoms with Crippen molar-refractivity contribution in [2.75, 3.05) is 0 Å². The van der Waals surface area contributed by atoms with Gasteiger partial charge in [0.1, 0.15) is 0 Å². The van der Waals surface area contributed by atoms with E-state index in [4.69, 9.17) is 17.6 Å². The number of carbonyl (C=O) groups is 1. The molecule has 0 aromatic carbocycles. The number of hydrogen-bond acceptors (Lipinski definition) is 2. The number of hydrogen-bond donors (Lipinski definition) is 0. The molecule has 0 aromatic heterocycles. The van der Waals surface area contributed by atoms with Crippen LogP contribution < -0.4 is 0 Å². The van der Waals surface area contributed by atoms with Crippen LogP contribution in [0.25, 0.3) is 0 Å². The molecule has 0 rings (SSSR count). The van der Waals surface area contributed by atoms with Crippen molar-refractivity contribution in [3.63, 3.8) is 0 Å². The van der Waals surface area contributed by atoms with Gasteiger partial charge in [-0.2, -0.15) is 4.90 Å². The van der Waals surface area contributed by atoms with Gasteiger partial charge in [-0.1, -0.05) is 12.8 Å². The highest BCUT2D eigenvalue weighted by atomic mass is 16.6. The van der Waals surface area contributed by atoms with E-state index >= 15 is 0 Å². The Labute approximate surface area is 66.3 Å². The van der Waals surface area contributed by atoms with Crippen molar-refractivity contribution in [1.29, 1.82) is 0 Å². The van der Waals surface area contributed by atoms with Gasteiger partial charge in [0, 0.05) is 12.1 Å². The first-order valence-electron chi connectivity index (χ1n) is 3.05. The second-order valence-corrected chi connectivity index (χ2v) is 2.03. The average Bonchev–Trinajstić information content (AvgIpc) is 1.88. The SMILES string of the molecule is C#CN(C#C)C(=O)OC(C)C. The number of amides is 1. The third-order valence-corrected chi connectivity index (χ3v) is 0.777. The molecule has 0 unspecified atom stereocenters. The van der Waals surface area contributed by atoms with Crippen LogP contribution in [0.2, 0.25) is 0 Å². The maximum atomic E-state index is 10.8. The molecule has 0 aliphatic carbocycles. The van der Waals surface area contributed by atoms with Crippen LogP contribution >= 0.6 is 0 Å². The highest BCUT2D eigenvalue weighted by Gasteiger charge is 2.10. The minimum atomic E-state index is -0.690. The van der Waals surface area contributed by atoms with E-state index in [1.54, 1.807) is 13.8 Å². The molecule has 3 nitrogen and oxygen atoms in total. The molecular weight excluding hydrogens is 142 g/mol. The average molecular weight is 151 g/mol. The Morgan fingerprint density at radius 1 is 1.45 bits per heavy atom. The Hall–Kier alpha value is -1.61. The second-order valence-electron chi connectivity index (χ2n) is 2.03. The van der Waals surface area contributed by atoms with E-state index in [2.05, 4.69) is 0 Å². The first-order valence-corrected chi connectivity index (χ1v) is 3.05. The van der Waals surface area contributed by atoms with E-state index in [0.29, 0.717) is 4.90 Å². The maximum absolute atomic E-state index is 10.8. The second kappa shape index (κ2) is 4.24. The zero-order chi connectivity index (χ0) is 8.85.